The number of aliphatic carboxylic acids is 1. The first-order chi connectivity index (χ1) is 10.5. The van der Waals surface area contributed by atoms with Crippen molar-refractivity contribution in [2.45, 2.75) is 26.2 Å². The van der Waals surface area contributed by atoms with Crippen molar-refractivity contribution in [2.75, 3.05) is 6.54 Å². The van der Waals surface area contributed by atoms with Crippen LogP contribution in [0.5, 0.6) is 0 Å². The maximum atomic E-state index is 12.0. The number of carboxylic acid groups (broad SMARTS) is 1. The van der Waals surface area contributed by atoms with Crippen LogP contribution in [0, 0.1) is 13.8 Å². The Hall–Kier alpha value is -2.63. The highest BCUT2D eigenvalue weighted by atomic mass is 16.5. The lowest BCUT2D eigenvalue weighted by Crippen LogP contribution is -2.32. The lowest BCUT2D eigenvalue weighted by Gasteiger charge is -2.13. The number of hydrogen-bond acceptors (Lipinski definition) is 4. The predicted octanol–water partition coefficient (Wildman–Crippen LogP) is 1.82. The maximum Gasteiger partial charge on any atom is 0.312 e. The number of rotatable bonds is 6. The number of carbonyl (C=O) groups is 2. The van der Waals surface area contributed by atoms with Crippen molar-refractivity contribution in [2.24, 2.45) is 0 Å². The van der Waals surface area contributed by atoms with Gasteiger partial charge in [0.25, 0.3) is 0 Å². The average Bonchev–Trinajstić information content (AvgIpc) is 2.80. The van der Waals surface area contributed by atoms with Crippen LogP contribution in [-0.4, -0.2) is 28.7 Å². The van der Waals surface area contributed by atoms with Gasteiger partial charge in [-0.2, -0.15) is 0 Å². The number of aromatic nitrogens is 1. The fourth-order valence-electron chi connectivity index (χ4n) is 2.23. The fourth-order valence-corrected chi connectivity index (χ4v) is 2.23. The molecule has 0 radical (unpaired) electrons. The van der Waals surface area contributed by atoms with E-state index in [1.54, 1.807) is 38.1 Å². The highest BCUT2D eigenvalue weighted by Gasteiger charge is 2.21. The van der Waals surface area contributed by atoms with Crippen LogP contribution in [0.3, 0.4) is 0 Å². The minimum Gasteiger partial charge on any atom is -0.481 e. The molecule has 0 aliphatic carbocycles. The van der Waals surface area contributed by atoms with Crippen LogP contribution in [0.1, 0.15) is 28.5 Å². The molecular weight excluding hydrogens is 284 g/mol. The van der Waals surface area contributed by atoms with Crippen LogP contribution in [0.15, 0.2) is 34.9 Å². The van der Waals surface area contributed by atoms with Crippen LogP contribution < -0.4 is 5.32 Å². The number of benzene rings is 1. The Bertz CT molecular complexity index is 645. The Morgan fingerprint density at radius 1 is 1.27 bits per heavy atom. The van der Waals surface area contributed by atoms with E-state index < -0.39 is 11.9 Å². The standard InChI is InChI=1S/C16H18N2O4/c1-10-13(11(2)22-18-10)8-15(19)17-9-14(16(20)21)12-6-4-3-5-7-12/h3-7,14H,8-9H2,1-2H3,(H,17,19)(H,20,21). The number of carboxylic acids is 1. The summed E-state index contributed by atoms with van der Waals surface area (Å²) >= 11 is 0. The van der Waals surface area contributed by atoms with Gasteiger partial charge in [0.15, 0.2) is 0 Å². The van der Waals surface area contributed by atoms with Crippen molar-refractivity contribution in [3.8, 4) is 0 Å². The molecule has 2 N–H and O–H groups in total. The van der Waals surface area contributed by atoms with Crippen LogP contribution >= 0.6 is 0 Å². The molecule has 1 unspecified atom stereocenters. The van der Waals surface area contributed by atoms with E-state index in [2.05, 4.69) is 10.5 Å². The number of carbonyl (C=O) groups excluding carboxylic acids is 1. The molecule has 0 saturated carbocycles. The second-order valence-electron chi connectivity index (χ2n) is 5.09. The lowest BCUT2D eigenvalue weighted by molar-refractivity contribution is -0.138. The topological polar surface area (TPSA) is 92.4 Å². The summed E-state index contributed by atoms with van der Waals surface area (Å²) in [5, 5.41) is 15.8. The number of nitrogens with one attached hydrogen (secondary N) is 1. The van der Waals surface area contributed by atoms with Gasteiger partial charge in [-0.1, -0.05) is 35.5 Å². The summed E-state index contributed by atoms with van der Waals surface area (Å²) in [7, 11) is 0. The van der Waals surface area contributed by atoms with Gasteiger partial charge in [-0.25, -0.2) is 0 Å². The first-order valence-corrected chi connectivity index (χ1v) is 6.95. The molecule has 1 heterocycles. The Balaban J connectivity index is 1.98. The third kappa shape index (κ3) is 3.72. The summed E-state index contributed by atoms with van der Waals surface area (Å²) in [4.78, 5) is 23.4. The minimum atomic E-state index is -0.969. The molecule has 1 aromatic carbocycles. The average molecular weight is 302 g/mol. The largest absolute Gasteiger partial charge is 0.481 e. The van der Waals surface area contributed by atoms with Gasteiger partial charge in [0.1, 0.15) is 5.76 Å². The third-order valence-corrected chi connectivity index (χ3v) is 3.52. The smallest absolute Gasteiger partial charge is 0.312 e. The van der Waals surface area contributed by atoms with E-state index in [1.807, 2.05) is 6.07 Å². The van der Waals surface area contributed by atoms with Gasteiger partial charge in [-0.3, -0.25) is 9.59 Å². The molecule has 1 atom stereocenters. The summed E-state index contributed by atoms with van der Waals surface area (Å²) in [6.07, 6.45) is 0.127. The molecule has 6 heteroatoms. The molecule has 0 fully saturated rings. The molecule has 0 saturated heterocycles. The van der Waals surface area contributed by atoms with Crippen molar-refractivity contribution in [1.82, 2.24) is 10.5 Å². The summed E-state index contributed by atoms with van der Waals surface area (Å²) < 4.78 is 5.01. The molecule has 1 aromatic heterocycles. The van der Waals surface area contributed by atoms with E-state index in [9.17, 15) is 14.7 Å². The van der Waals surface area contributed by atoms with E-state index in [-0.39, 0.29) is 18.9 Å². The first-order valence-electron chi connectivity index (χ1n) is 6.95. The second-order valence-corrected chi connectivity index (χ2v) is 5.09. The first kappa shape index (κ1) is 15.8. The van der Waals surface area contributed by atoms with Gasteiger partial charge in [-0.15, -0.1) is 0 Å². The quantitative estimate of drug-likeness (QED) is 0.849. The van der Waals surface area contributed by atoms with Crippen LogP contribution in [-0.2, 0) is 16.0 Å². The van der Waals surface area contributed by atoms with Gasteiger partial charge in [0.2, 0.25) is 5.91 Å². The zero-order valence-corrected chi connectivity index (χ0v) is 12.5. The fraction of sp³-hybridized carbons (Fsp3) is 0.312. The second kappa shape index (κ2) is 6.89. The summed E-state index contributed by atoms with van der Waals surface area (Å²) in [5.41, 5.74) is 2.07. The summed E-state index contributed by atoms with van der Waals surface area (Å²) in [6.45, 7) is 3.55. The number of aryl methyl sites for hydroxylation is 2. The van der Waals surface area contributed by atoms with Crippen molar-refractivity contribution in [3.63, 3.8) is 0 Å². The molecule has 22 heavy (non-hydrogen) atoms. The van der Waals surface area contributed by atoms with Gasteiger partial charge in [0, 0.05) is 12.1 Å². The zero-order chi connectivity index (χ0) is 16.1. The van der Waals surface area contributed by atoms with Crippen molar-refractivity contribution < 1.29 is 19.2 Å². The van der Waals surface area contributed by atoms with E-state index in [4.69, 9.17) is 4.52 Å². The number of amides is 1. The molecule has 0 aliphatic heterocycles. The number of hydrogen-bond donors (Lipinski definition) is 2. The van der Waals surface area contributed by atoms with Gasteiger partial charge >= 0.3 is 5.97 Å². The molecule has 0 spiro atoms. The molecule has 1 amide bonds. The lowest BCUT2D eigenvalue weighted by atomic mass is 9.99. The minimum absolute atomic E-state index is 0.0432. The van der Waals surface area contributed by atoms with Crippen molar-refractivity contribution in [1.29, 1.82) is 0 Å². The van der Waals surface area contributed by atoms with Crippen molar-refractivity contribution in [3.05, 3.63) is 52.9 Å². The highest BCUT2D eigenvalue weighted by molar-refractivity contribution is 5.81. The van der Waals surface area contributed by atoms with E-state index in [0.717, 1.165) is 5.56 Å². The predicted molar refractivity (Wildman–Crippen MR) is 79.5 cm³/mol. The molecule has 6 nitrogen and oxygen atoms in total. The normalized spacial score (nSPS) is 11.9. The van der Waals surface area contributed by atoms with E-state index in [1.165, 1.54) is 0 Å². The zero-order valence-electron chi connectivity index (χ0n) is 12.5. The molecule has 2 rings (SSSR count). The maximum absolute atomic E-state index is 12.0. The van der Waals surface area contributed by atoms with Crippen molar-refractivity contribution >= 4 is 11.9 Å². The van der Waals surface area contributed by atoms with E-state index in [0.29, 0.717) is 17.0 Å². The van der Waals surface area contributed by atoms with Crippen LogP contribution in [0.2, 0.25) is 0 Å². The Kier molecular flexibility index (Phi) is 4.93. The summed E-state index contributed by atoms with van der Waals surface area (Å²) in [5.74, 6) is -1.39. The third-order valence-electron chi connectivity index (χ3n) is 3.52. The van der Waals surface area contributed by atoms with E-state index >= 15 is 0 Å². The SMILES string of the molecule is Cc1noc(C)c1CC(=O)NCC(C(=O)O)c1ccccc1. The molecule has 116 valence electrons. The van der Waals surface area contributed by atoms with Gasteiger partial charge in [0.05, 0.1) is 18.0 Å². The van der Waals surface area contributed by atoms with Gasteiger partial charge < -0.3 is 14.9 Å². The Morgan fingerprint density at radius 2 is 1.95 bits per heavy atom. The Morgan fingerprint density at radius 3 is 2.50 bits per heavy atom. The van der Waals surface area contributed by atoms with Gasteiger partial charge in [-0.05, 0) is 19.4 Å². The molecule has 2 aromatic rings. The molecule has 0 bridgehead atoms. The number of nitrogens with zero attached hydrogens (tertiary/aromatic N) is 1. The molecular formula is C16H18N2O4. The summed E-state index contributed by atoms with van der Waals surface area (Å²) in [6, 6.07) is 8.84. The van der Waals surface area contributed by atoms with Crippen LogP contribution in [0.25, 0.3) is 0 Å². The monoisotopic (exact) mass is 302 g/mol. The highest BCUT2D eigenvalue weighted by Crippen LogP contribution is 2.16. The van der Waals surface area contributed by atoms with Crippen LogP contribution in [0.4, 0.5) is 0 Å². The Labute approximate surface area is 128 Å². The molecule has 0 aliphatic rings.